The molecule has 2 saturated heterocycles. The van der Waals surface area contributed by atoms with Gasteiger partial charge in [-0.15, -0.1) is 0 Å². The van der Waals surface area contributed by atoms with E-state index in [1.807, 2.05) is 0 Å². The van der Waals surface area contributed by atoms with E-state index in [1.54, 1.807) is 5.57 Å². The number of hydrogen-bond donors (Lipinski definition) is 2. The minimum absolute atomic E-state index is 0.0289. The van der Waals surface area contributed by atoms with Crippen LogP contribution in [0.25, 0.3) is 0 Å². The number of hydrogen-bond acceptors (Lipinski definition) is 4. The van der Waals surface area contributed by atoms with Crippen molar-refractivity contribution in [1.29, 1.82) is 0 Å². The normalized spacial score (nSPS) is 70.5. The van der Waals surface area contributed by atoms with E-state index >= 15 is 0 Å². The van der Waals surface area contributed by atoms with Crippen molar-refractivity contribution in [2.75, 3.05) is 0 Å². The van der Waals surface area contributed by atoms with Crippen LogP contribution in [0.3, 0.4) is 0 Å². The molecule has 2 heterocycles. The van der Waals surface area contributed by atoms with Crippen LogP contribution in [0.2, 0.25) is 0 Å². The standard InChI is InChI=1S/C25H34O4/c1-22-6-3-12(26)11-24(22,27)16-9-13(16)19-15(22)4-7-23(2)20(19)14-10-17(14)25(23)8-5-18-21(28-18)29-25/h10,12-16,18-21,26-27H,3-9,11H2,1-2H3. The molecule has 29 heavy (non-hydrogen) atoms. The van der Waals surface area contributed by atoms with Crippen molar-refractivity contribution in [2.45, 2.75) is 94.9 Å². The van der Waals surface area contributed by atoms with Gasteiger partial charge in [0.2, 0.25) is 0 Å². The Bertz CT molecular complexity index is 854. The Hall–Kier alpha value is -0.420. The molecule has 6 aliphatic carbocycles. The van der Waals surface area contributed by atoms with Crippen LogP contribution >= 0.6 is 0 Å². The van der Waals surface area contributed by atoms with Gasteiger partial charge in [0.05, 0.1) is 17.3 Å². The maximum Gasteiger partial charge on any atom is 0.185 e. The summed E-state index contributed by atoms with van der Waals surface area (Å²) in [4.78, 5) is 0. The molecule has 0 aromatic rings. The summed E-state index contributed by atoms with van der Waals surface area (Å²) in [6.07, 6.45) is 11.0. The first kappa shape index (κ1) is 17.2. The molecule has 8 rings (SSSR count). The second-order valence-electron chi connectivity index (χ2n) is 12.6. The maximum atomic E-state index is 11.9. The molecule has 4 nitrogen and oxygen atoms in total. The second-order valence-corrected chi connectivity index (χ2v) is 12.6. The van der Waals surface area contributed by atoms with E-state index in [9.17, 15) is 10.2 Å². The van der Waals surface area contributed by atoms with E-state index in [1.165, 1.54) is 19.3 Å². The highest BCUT2D eigenvalue weighted by Crippen LogP contribution is 2.81. The minimum Gasteiger partial charge on any atom is -0.393 e. The summed E-state index contributed by atoms with van der Waals surface area (Å²) < 4.78 is 12.6. The minimum atomic E-state index is -0.642. The molecule has 13 unspecified atom stereocenters. The van der Waals surface area contributed by atoms with Gasteiger partial charge in [0.15, 0.2) is 6.29 Å². The Labute approximate surface area is 173 Å². The first-order chi connectivity index (χ1) is 13.8. The van der Waals surface area contributed by atoms with Crippen LogP contribution in [0, 0.1) is 46.3 Å². The van der Waals surface area contributed by atoms with Crippen molar-refractivity contribution in [2.24, 2.45) is 46.3 Å². The third-order valence-electron chi connectivity index (χ3n) is 11.9. The van der Waals surface area contributed by atoms with Crippen molar-refractivity contribution in [3.05, 3.63) is 11.6 Å². The summed E-state index contributed by atoms with van der Waals surface area (Å²) >= 11 is 0. The number of allylic oxidation sites excluding steroid dienone is 1. The molecule has 158 valence electrons. The fourth-order valence-electron chi connectivity index (χ4n) is 10.4. The number of ether oxygens (including phenoxy) is 2. The quantitative estimate of drug-likeness (QED) is 0.485. The molecule has 4 heteroatoms. The summed E-state index contributed by atoms with van der Waals surface area (Å²) in [6, 6.07) is 0. The SMILES string of the molecule is CC12CCC3C(C4CC4C4(O)CC(O)CCC34C)C1C1C=C1C21CCC2OC2O1. The zero-order valence-corrected chi connectivity index (χ0v) is 17.6. The number of epoxide rings is 1. The third-order valence-corrected chi connectivity index (χ3v) is 11.9. The van der Waals surface area contributed by atoms with E-state index in [4.69, 9.17) is 9.47 Å². The lowest BCUT2D eigenvalue weighted by Crippen LogP contribution is -2.65. The monoisotopic (exact) mass is 398 g/mol. The average Bonchev–Trinajstić information content (AvgIpc) is 3.56. The topological polar surface area (TPSA) is 62.2 Å². The maximum absolute atomic E-state index is 11.9. The van der Waals surface area contributed by atoms with Crippen LogP contribution in [-0.4, -0.2) is 39.9 Å². The summed E-state index contributed by atoms with van der Waals surface area (Å²) in [5.74, 6) is 3.72. The van der Waals surface area contributed by atoms with Gasteiger partial charge in [0.25, 0.3) is 0 Å². The van der Waals surface area contributed by atoms with Gasteiger partial charge in [-0.1, -0.05) is 19.9 Å². The molecule has 0 aromatic carbocycles. The van der Waals surface area contributed by atoms with E-state index in [2.05, 4.69) is 19.9 Å². The first-order valence-electron chi connectivity index (χ1n) is 12.3. The molecular formula is C25H34O4. The number of rotatable bonds is 0. The highest BCUT2D eigenvalue weighted by molar-refractivity contribution is 5.50. The molecule has 2 aliphatic heterocycles. The van der Waals surface area contributed by atoms with Crippen molar-refractivity contribution in [3.8, 4) is 0 Å². The predicted molar refractivity (Wildman–Crippen MR) is 106 cm³/mol. The number of aliphatic hydroxyl groups is 2. The molecule has 1 spiro atoms. The molecule has 7 fully saturated rings. The van der Waals surface area contributed by atoms with Crippen molar-refractivity contribution in [3.63, 3.8) is 0 Å². The second kappa shape index (κ2) is 4.67. The van der Waals surface area contributed by atoms with E-state index < -0.39 is 5.60 Å². The van der Waals surface area contributed by atoms with Gasteiger partial charge in [-0.2, -0.15) is 0 Å². The fourth-order valence-corrected chi connectivity index (χ4v) is 10.4. The summed E-state index contributed by atoms with van der Waals surface area (Å²) in [5, 5.41) is 22.3. The van der Waals surface area contributed by atoms with Crippen LogP contribution in [0.1, 0.15) is 65.2 Å². The molecule has 13 atom stereocenters. The Kier molecular flexibility index (Phi) is 2.77. The van der Waals surface area contributed by atoms with Gasteiger partial charge in [-0.3, -0.25) is 0 Å². The smallest absolute Gasteiger partial charge is 0.185 e. The predicted octanol–water partition coefficient (Wildman–Crippen LogP) is 3.41. The number of aliphatic hydroxyl groups excluding tert-OH is 1. The zero-order chi connectivity index (χ0) is 19.6. The van der Waals surface area contributed by atoms with Gasteiger partial charge < -0.3 is 19.7 Å². The lowest BCUT2D eigenvalue weighted by atomic mass is 9.42. The van der Waals surface area contributed by atoms with Crippen molar-refractivity contribution < 1.29 is 19.7 Å². The summed E-state index contributed by atoms with van der Waals surface area (Å²) in [6.45, 7) is 4.94. The Morgan fingerprint density at radius 3 is 2.69 bits per heavy atom. The van der Waals surface area contributed by atoms with E-state index in [0.29, 0.717) is 42.1 Å². The highest BCUT2D eigenvalue weighted by Gasteiger charge is 2.80. The molecular weight excluding hydrogens is 364 g/mol. The van der Waals surface area contributed by atoms with E-state index in [-0.39, 0.29) is 28.8 Å². The molecule has 2 N–H and O–H groups in total. The average molecular weight is 399 g/mol. The van der Waals surface area contributed by atoms with Gasteiger partial charge in [-0.05, 0) is 85.5 Å². The molecule has 5 saturated carbocycles. The van der Waals surface area contributed by atoms with Crippen molar-refractivity contribution in [1.82, 2.24) is 0 Å². The van der Waals surface area contributed by atoms with Gasteiger partial charge in [0, 0.05) is 17.8 Å². The molecule has 0 aromatic heterocycles. The summed E-state index contributed by atoms with van der Waals surface area (Å²) in [5.41, 5.74) is 1.11. The van der Waals surface area contributed by atoms with Crippen LogP contribution in [0.4, 0.5) is 0 Å². The molecule has 0 amide bonds. The lowest BCUT2D eigenvalue weighted by Gasteiger charge is -2.65. The van der Waals surface area contributed by atoms with Gasteiger partial charge in [-0.25, -0.2) is 0 Å². The third kappa shape index (κ3) is 1.68. The Morgan fingerprint density at radius 2 is 1.86 bits per heavy atom. The lowest BCUT2D eigenvalue weighted by molar-refractivity contribution is -0.241. The van der Waals surface area contributed by atoms with Crippen LogP contribution in [-0.2, 0) is 9.47 Å². The zero-order valence-electron chi connectivity index (χ0n) is 17.6. The molecule has 0 radical (unpaired) electrons. The Morgan fingerprint density at radius 1 is 1.03 bits per heavy atom. The number of fused-ring (bicyclic) bond motifs is 13. The van der Waals surface area contributed by atoms with Crippen LogP contribution in [0.15, 0.2) is 11.6 Å². The Balaban J connectivity index is 1.21. The first-order valence-corrected chi connectivity index (χ1v) is 12.3. The van der Waals surface area contributed by atoms with Crippen LogP contribution < -0.4 is 0 Å². The van der Waals surface area contributed by atoms with E-state index in [0.717, 1.165) is 31.6 Å². The van der Waals surface area contributed by atoms with Gasteiger partial charge >= 0.3 is 0 Å². The van der Waals surface area contributed by atoms with Crippen molar-refractivity contribution >= 4 is 0 Å². The largest absolute Gasteiger partial charge is 0.393 e. The summed E-state index contributed by atoms with van der Waals surface area (Å²) in [7, 11) is 0. The highest BCUT2D eigenvalue weighted by atomic mass is 16.8. The molecule has 8 aliphatic rings. The van der Waals surface area contributed by atoms with Gasteiger partial charge in [0.1, 0.15) is 6.10 Å². The molecule has 0 bridgehead atoms. The fraction of sp³-hybridized carbons (Fsp3) is 0.920. The van der Waals surface area contributed by atoms with Crippen LogP contribution in [0.5, 0.6) is 0 Å².